The van der Waals surface area contributed by atoms with Crippen molar-refractivity contribution in [2.24, 2.45) is 0 Å². The third kappa shape index (κ3) is 6.42. The van der Waals surface area contributed by atoms with Crippen LogP contribution in [0, 0.1) is 0 Å². The van der Waals surface area contributed by atoms with Gasteiger partial charge in [0.05, 0.1) is 24.3 Å². The minimum absolute atomic E-state index is 0.0224. The maximum atomic E-state index is 13.5. The molecule has 0 saturated heterocycles. The molecule has 0 saturated carbocycles. The van der Waals surface area contributed by atoms with E-state index in [4.69, 9.17) is 21.1 Å². The minimum Gasteiger partial charge on any atom is -0.497 e. The summed E-state index contributed by atoms with van der Waals surface area (Å²) in [5.41, 5.74) is 1.30. The normalized spacial score (nSPS) is 11.0. The second kappa shape index (κ2) is 11.8. The molecule has 0 aliphatic carbocycles. The Labute approximate surface area is 205 Å². The second-order valence-electron chi connectivity index (χ2n) is 7.31. The number of nitrogens with zero attached hydrogens (tertiary/aromatic N) is 1. The Hall–Kier alpha value is -3.23. The predicted molar refractivity (Wildman–Crippen MR) is 133 cm³/mol. The molecule has 0 aromatic heterocycles. The van der Waals surface area contributed by atoms with Crippen LogP contribution in [0.1, 0.15) is 12.5 Å². The van der Waals surface area contributed by atoms with Crippen LogP contribution in [-0.4, -0.2) is 41.1 Å². The van der Waals surface area contributed by atoms with Crippen molar-refractivity contribution in [3.63, 3.8) is 0 Å². The fourth-order valence-corrected chi connectivity index (χ4v) is 4.86. The van der Waals surface area contributed by atoms with E-state index in [-0.39, 0.29) is 10.6 Å². The number of rotatable bonds is 11. The van der Waals surface area contributed by atoms with Crippen LogP contribution in [0.2, 0.25) is 5.02 Å². The topological polar surface area (TPSA) is 84.9 Å². The molecule has 0 fully saturated rings. The SMILES string of the molecule is CCOc1ccccc1N(CC(=O)NCCc1ccc(OC)cc1)S(=O)(=O)c1ccc(Cl)cc1. The Bertz CT molecular complexity index is 1200. The van der Waals surface area contributed by atoms with Gasteiger partial charge in [0.15, 0.2) is 0 Å². The van der Waals surface area contributed by atoms with E-state index in [1.165, 1.54) is 24.3 Å². The first-order valence-electron chi connectivity index (χ1n) is 10.7. The van der Waals surface area contributed by atoms with Crippen LogP contribution >= 0.6 is 11.6 Å². The first kappa shape index (κ1) is 25.4. The number of para-hydroxylation sites is 2. The van der Waals surface area contributed by atoms with Gasteiger partial charge in [0.1, 0.15) is 18.0 Å². The third-order valence-electron chi connectivity index (χ3n) is 5.02. The van der Waals surface area contributed by atoms with Gasteiger partial charge in [-0.1, -0.05) is 35.9 Å². The molecule has 3 rings (SSSR count). The van der Waals surface area contributed by atoms with Gasteiger partial charge in [-0.05, 0) is 67.4 Å². The molecule has 1 N–H and O–H groups in total. The zero-order valence-electron chi connectivity index (χ0n) is 19.0. The highest BCUT2D eigenvalue weighted by atomic mass is 35.5. The zero-order valence-corrected chi connectivity index (χ0v) is 20.6. The first-order chi connectivity index (χ1) is 16.3. The molecular formula is C25H27ClN2O5S. The summed E-state index contributed by atoms with van der Waals surface area (Å²) in [7, 11) is -2.47. The van der Waals surface area contributed by atoms with E-state index in [0.717, 1.165) is 15.6 Å². The Morgan fingerprint density at radius 2 is 1.68 bits per heavy atom. The number of halogens is 1. The van der Waals surface area contributed by atoms with Crippen molar-refractivity contribution in [3.05, 3.63) is 83.4 Å². The maximum Gasteiger partial charge on any atom is 0.264 e. The fourth-order valence-electron chi connectivity index (χ4n) is 3.30. The number of ether oxygens (including phenoxy) is 2. The Balaban J connectivity index is 1.81. The van der Waals surface area contributed by atoms with Crippen LogP contribution in [-0.2, 0) is 21.2 Å². The van der Waals surface area contributed by atoms with Crippen molar-refractivity contribution >= 4 is 33.2 Å². The quantitative estimate of drug-likeness (QED) is 0.422. The molecule has 0 atom stereocenters. The molecule has 0 aliphatic rings. The number of carbonyl (C=O) groups excluding carboxylic acids is 1. The molecule has 3 aromatic carbocycles. The summed E-state index contributed by atoms with van der Waals surface area (Å²) in [5.74, 6) is 0.690. The Morgan fingerprint density at radius 3 is 2.32 bits per heavy atom. The minimum atomic E-state index is -4.07. The fraction of sp³-hybridized carbons (Fsp3) is 0.240. The van der Waals surface area contributed by atoms with Crippen LogP contribution in [0.3, 0.4) is 0 Å². The summed E-state index contributed by atoms with van der Waals surface area (Å²) in [6, 6.07) is 20.1. The summed E-state index contributed by atoms with van der Waals surface area (Å²) in [4.78, 5) is 12.8. The summed E-state index contributed by atoms with van der Waals surface area (Å²) in [6.45, 7) is 2.10. The van der Waals surface area contributed by atoms with Crippen molar-refractivity contribution in [2.75, 3.05) is 31.1 Å². The molecule has 0 radical (unpaired) electrons. The lowest BCUT2D eigenvalue weighted by atomic mass is 10.1. The molecule has 34 heavy (non-hydrogen) atoms. The molecule has 0 unspecified atom stereocenters. The van der Waals surface area contributed by atoms with Crippen LogP contribution in [0.4, 0.5) is 5.69 Å². The molecule has 0 spiro atoms. The van der Waals surface area contributed by atoms with E-state index < -0.39 is 22.5 Å². The number of nitrogens with one attached hydrogen (secondary N) is 1. The molecule has 0 bridgehead atoms. The molecule has 3 aromatic rings. The zero-order chi connectivity index (χ0) is 24.6. The number of sulfonamides is 1. The molecule has 7 nitrogen and oxygen atoms in total. The average Bonchev–Trinajstić information content (AvgIpc) is 2.84. The lowest BCUT2D eigenvalue weighted by molar-refractivity contribution is -0.119. The van der Waals surface area contributed by atoms with Gasteiger partial charge in [0.25, 0.3) is 10.0 Å². The highest BCUT2D eigenvalue weighted by molar-refractivity contribution is 7.92. The molecular weight excluding hydrogens is 476 g/mol. The monoisotopic (exact) mass is 502 g/mol. The van der Waals surface area contributed by atoms with Gasteiger partial charge in [0, 0.05) is 11.6 Å². The summed E-state index contributed by atoms with van der Waals surface area (Å²) in [5, 5.41) is 3.22. The molecule has 0 heterocycles. The summed E-state index contributed by atoms with van der Waals surface area (Å²) in [6.07, 6.45) is 0.592. The average molecular weight is 503 g/mol. The van der Waals surface area contributed by atoms with E-state index in [9.17, 15) is 13.2 Å². The smallest absolute Gasteiger partial charge is 0.264 e. The van der Waals surface area contributed by atoms with Crippen molar-refractivity contribution in [3.8, 4) is 11.5 Å². The highest BCUT2D eigenvalue weighted by Gasteiger charge is 2.29. The maximum absolute atomic E-state index is 13.5. The Morgan fingerprint density at radius 1 is 1.00 bits per heavy atom. The molecule has 0 aliphatic heterocycles. The van der Waals surface area contributed by atoms with Crippen molar-refractivity contribution in [1.29, 1.82) is 0 Å². The largest absolute Gasteiger partial charge is 0.497 e. The number of benzene rings is 3. The number of anilines is 1. The predicted octanol–water partition coefficient (Wildman–Crippen LogP) is 4.30. The number of carbonyl (C=O) groups is 1. The number of amides is 1. The number of hydrogen-bond donors (Lipinski definition) is 1. The van der Waals surface area contributed by atoms with Gasteiger partial charge < -0.3 is 14.8 Å². The summed E-state index contributed by atoms with van der Waals surface area (Å²) >= 11 is 5.93. The van der Waals surface area contributed by atoms with E-state index in [1.807, 2.05) is 24.3 Å². The first-order valence-corrected chi connectivity index (χ1v) is 12.6. The van der Waals surface area contributed by atoms with E-state index in [2.05, 4.69) is 5.32 Å². The lowest BCUT2D eigenvalue weighted by Crippen LogP contribution is -2.41. The van der Waals surface area contributed by atoms with Crippen molar-refractivity contribution in [2.45, 2.75) is 18.2 Å². The molecule has 9 heteroatoms. The van der Waals surface area contributed by atoms with E-state index in [0.29, 0.717) is 30.3 Å². The molecule has 180 valence electrons. The lowest BCUT2D eigenvalue weighted by Gasteiger charge is -2.26. The van der Waals surface area contributed by atoms with Gasteiger partial charge in [-0.15, -0.1) is 0 Å². The van der Waals surface area contributed by atoms with Gasteiger partial charge in [-0.3, -0.25) is 9.10 Å². The third-order valence-corrected chi connectivity index (χ3v) is 7.04. The standard InChI is InChI=1S/C25H27ClN2O5S/c1-3-33-24-7-5-4-6-23(24)28(34(30,31)22-14-10-20(26)11-15-22)18-25(29)27-17-16-19-8-12-21(32-2)13-9-19/h4-15H,3,16-18H2,1-2H3,(H,27,29). The van der Waals surface area contributed by atoms with Crippen LogP contribution in [0.15, 0.2) is 77.7 Å². The van der Waals surface area contributed by atoms with Crippen LogP contribution in [0.5, 0.6) is 11.5 Å². The van der Waals surface area contributed by atoms with Crippen molar-refractivity contribution < 1.29 is 22.7 Å². The second-order valence-corrected chi connectivity index (χ2v) is 9.61. The number of methoxy groups -OCH3 is 1. The summed E-state index contributed by atoms with van der Waals surface area (Å²) < 4.78 is 38.9. The van der Waals surface area contributed by atoms with E-state index >= 15 is 0 Å². The van der Waals surface area contributed by atoms with Gasteiger partial charge >= 0.3 is 0 Å². The van der Waals surface area contributed by atoms with Crippen molar-refractivity contribution in [1.82, 2.24) is 5.32 Å². The van der Waals surface area contributed by atoms with E-state index in [1.54, 1.807) is 38.3 Å². The Kier molecular flexibility index (Phi) is 8.79. The van der Waals surface area contributed by atoms with Gasteiger partial charge in [-0.25, -0.2) is 8.42 Å². The molecule has 1 amide bonds. The van der Waals surface area contributed by atoms with Gasteiger partial charge in [-0.2, -0.15) is 0 Å². The number of hydrogen-bond acceptors (Lipinski definition) is 5. The van der Waals surface area contributed by atoms with Crippen LogP contribution in [0.25, 0.3) is 0 Å². The van der Waals surface area contributed by atoms with Gasteiger partial charge in [0.2, 0.25) is 5.91 Å². The highest BCUT2D eigenvalue weighted by Crippen LogP contribution is 2.32. The van der Waals surface area contributed by atoms with Crippen LogP contribution < -0.4 is 19.1 Å².